The quantitative estimate of drug-likeness (QED) is 0.464. The number of nitrogens with zero attached hydrogens (tertiary/aromatic N) is 2. The molecule has 0 saturated heterocycles. The summed E-state index contributed by atoms with van der Waals surface area (Å²) >= 11 is 0. The van der Waals surface area contributed by atoms with Gasteiger partial charge in [-0.05, 0) is 6.92 Å². The van der Waals surface area contributed by atoms with Crippen molar-refractivity contribution in [3.05, 3.63) is 0 Å². The minimum Gasteiger partial charge on any atom is -0.491 e. The molecule has 1 aliphatic rings. The van der Waals surface area contributed by atoms with Crippen molar-refractivity contribution >= 4 is 17.6 Å². The molecule has 54 valence electrons. The van der Waals surface area contributed by atoms with E-state index in [1.807, 2.05) is 0 Å². The molecule has 3 N–H and O–H groups in total. The number of rotatable bonds is 0. The van der Waals surface area contributed by atoms with Crippen LogP contribution in [0.5, 0.6) is 0 Å². The molecule has 0 aliphatic carbocycles. The number of guanidine groups is 1. The van der Waals surface area contributed by atoms with Gasteiger partial charge in [-0.3, -0.25) is 4.79 Å². The van der Waals surface area contributed by atoms with Crippen LogP contribution in [0.4, 0.5) is 0 Å². The van der Waals surface area contributed by atoms with Gasteiger partial charge in [0.25, 0.3) is 5.90 Å². The number of aliphatic imine (C=N–C) groups is 2. The highest BCUT2D eigenvalue weighted by Gasteiger charge is 2.22. The fourth-order valence-corrected chi connectivity index (χ4v) is 0.636. The van der Waals surface area contributed by atoms with Crippen LogP contribution < -0.4 is 5.73 Å². The Morgan fingerprint density at radius 3 is 2.80 bits per heavy atom. The van der Waals surface area contributed by atoms with E-state index >= 15 is 0 Å². The average molecular weight is 141 g/mol. The van der Waals surface area contributed by atoms with Crippen LogP contribution >= 0.6 is 0 Å². The Balaban J connectivity index is 2.95. The molecule has 5 heteroatoms. The normalized spacial score (nSPS) is 25.7. The van der Waals surface area contributed by atoms with Crippen molar-refractivity contribution in [1.82, 2.24) is 0 Å². The van der Waals surface area contributed by atoms with Crippen molar-refractivity contribution in [3.8, 4) is 0 Å². The second-order valence-electron chi connectivity index (χ2n) is 1.96. The molecule has 1 aliphatic heterocycles. The standard InChI is InChI=1S/C5H7N3O2/c1-2-3(9)4(10)8-5(6)7-2/h2H,1H3,(H3,6,7,8,10). The predicted octanol–water partition coefficient (Wildman–Crippen LogP) is -0.771. The number of aliphatic hydroxyl groups excluding tert-OH is 1. The van der Waals surface area contributed by atoms with Gasteiger partial charge in [-0.1, -0.05) is 0 Å². The molecule has 0 spiro atoms. The van der Waals surface area contributed by atoms with Crippen LogP contribution in [0.1, 0.15) is 6.92 Å². The van der Waals surface area contributed by atoms with E-state index in [0.717, 1.165) is 0 Å². The highest BCUT2D eigenvalue weighted by atomic mass is 16.3. The number of ketones is 1. The van der Waals surface area contributed by atoms with E-state index in [2.05, 4.69) is 9.98 Å². The van der Waals surface area contributed by atoms with Crippen LogP contribution in [-0.2, 0) is 4.79 Å². The fraction of sp³-hybridized carbons (Fsp3) is 0.400. The number of Topliss-reactive ketones (excluding diaryl/α,β-unsaturated/α-hetero) is 1. The average Bonchev–Trinajstić information content (AvgIpc) is 1.82. The summed E-state index contributed by atoms with van der Waals surface area (Å²) in [4.78, 5) is 17.6. The van der Waals surface area contributed by atoms with Gasteiger partial charge in [0.1, 0.15) is 6.04 Å². The number of hydrogen-bond donors (Lipinski definition) is 2. The largest absolute Gasteiger partial charge is 0.491 e. The van der Waals surface area contributed by atoms with E-state index in [9.17, 15) is 4.79 Å². The molecule has 1 heterocycles. The number of aliphatic hydroxyl groups is 1. The summed E-state index contributed by atoms with van der Waals surface area (Å²) in [6.45, 7) is 1.54. The van der Waals surface area contributed by atoms with Crippen molar-refractivity contribution in [3.63, 3.8) is 0 Å². The second-order valence-corrected chi connectivity index (χ2v) is 1.96. The van der Waals surface area contributed by atoms with E-state index < -0.39 is 17.7 Å². The van der Waals surface area contributed by atoms with Gasteiger partial charge in [-0.2, -0.15) is 4.99 Å². The Morgan fingerprint density at radius 2 is 2.30 bits per heavy atom. The molecule has 5 nitrogen and oxygen atoms in total. The van der Waals surface area contributed by atoms with Crippen LogP contribution in [0.15, 0.2) is 9.98 Å². The Labute approximate surface area is 57.3 Å². The molecule has 0 fully saturated rings. The predicted molar refractivity (Wildman–Crippen MR) is 36.2 cm³/mol. The summed E-state index contributed by atoms with van der Waals surface area (Å²) in [5.41, 5.74) is 5.13. The molecule has 0 aromatic rings. The lowest BCUT2D eigenvalue weighted by Gasteiger charge is -2.08. The summed E-state index contributed by atoms with van der Waals surface area (Å²) in [6.07, 6.45) is 0. The maximum atomic E-state index is 10.7. The van der Waals surface area contributed by atoms with E-state index in [-0.39, 0.29) is 5.96 Å². The van der Waals surface area contributed by atoms with E-state index in [1.165, 1.54) is 0 Å². The lowest BCUT2D eigenvalue weighted by Crippen LogP contribution is -2.32. The van der Waals surface area contributed by atoms with Gasteiger partial charge in [0.05, 0.1) is 0 Å². The molecule has 0 aromatic carbocycles. The summed E-state index contributed by atoms with van der Waals surface area (Å²) in [5.74, 6) is -1.10. The van der Waals surface area contributed by atoms with Crippen LogP contribution in [0, 0.1) is 0 Å². The van der Waals surface area contributed by atoms with Gasteiger partial charge in [0.2, 0.25) is 11.7 Å². The third kappa shape index (κ3) is 0.975. The molecule has 0 radical (unpaired) electrons. The fourth-order valence-electron chi connectivity index (χ4n) is 0.636. The Kier molecular flexibility index (Phi) is 1.41. The van der Waals surface area contributed by atoms with Crippen molar-refractivity contribution in [2.24, 2.45) is 15.7 Å². The van der Waals surface area contributed by atoms with E-state index in [1.54, 1.807) is 6.92 Å². The molecule has 10 heavy (non-hydrogen) atoms. The van der Waals surface area contributed by atoms with Gasteiger partial charge in [-0.25, -0.2) is 4.99 Å². The molecule has 1 atom stereocenters. The molecular weight excluding hydrogens is 134 g/mol. The first-order valence-electron chi connectivity index (χ1n) is 2.76. The van der Waals surface area contributed by atoms with Crippen molar-refractivity contribution in [2.75, 3.05) is 0 Å². The van der Waals surface area contributed by atoms with Crippen molar-refractivity contribution in [2.45, 2.75) is 13.0 Å². The van der Waals surface area contributed by atoms with Crippen molar-refractivity contribution < 1.29 is 9.90 Å². The molecule has 0 bridgehead atoms. The van der Waals surface area contributed by atoms with Crippen LogP contribution in [0.3, 0.4) is 0 Å². The summed E-state index contributed by atoms with van der Waals surface area (Å²) in [7, 11) is 0. The lowest BCUT2D eigenvalue weighted by atomic mass is 10.2. The maximum Gasteiger partial charge on any atom is 0.261 e. The highest BCUT2D eigenvalue weighted by molar-refractivity contribution is 6.40. The first-order valence-corrected chi connectivity index (χ1v) is 2.76. The number of nitrogens with two attached hydrogens (primary N) is 1. The van der Waals surface area contributed by atoms with Crippen LogP contribution in [-0.4, -0.2) is 28.8 Å². The van der Waals surface area contributed by atoms with Gasteiger partial charge in [-0.15, -0.1) is 0 Å². The second kappa shape index (κ2) is 2.09. The summed E-state index contributed by atoms with van der Waals surface area (Å²) < 4.78 is 0. The maximum absolute atomic E-state index is 10.7. The Bertz CT molecular complexity index is 231. The minimum absolute atomic E-state index is 0.0513. The molecule has 1 unspecified atom stereocenters. The third-order valence-corrected chi connectivity index (χ3v) is 1.15. The number of carbonyl (C=O) groups excluding carboxylic acids is 1. The zero-order chi connectivity index (χ0) is 7.72. The Hall–Kier alpha value is -1.39. The smallest absolute Gasteiger partial charge is 0.261 e. The SMILES string of the molecule is CC1N=C(N)N=C(O)C1=O. The molecule has 1 rings (SSSR count). The molecular formula is C5H7N3O2. The van der Waals surface area contributed by atoms with Gasteiger partial charge in [0.15, 0.2) is 0 Å². The van der Waals surface area contributed by atoms with E-state index in [0.29, 0.717) is 0 Å². The lowest BCUT2D eigenvalue weighted by molar-refractivity contribution is -0.114. The topological polar surface area (TPSA) is 88.0 Å². The molecule has 0 saturated carbocycles. The monoisotopic (exact) mass is 141 g/mol. The zero-order valence-corrected chi connectivity index (χ0v) is 5.40. The molecule has 0 aromatic heterocycles. The summed E-state index contributed by atoms with van der Waals surface area (Å²) in [6, 6.07) is -0.600. The van der Waals surface area contributed by atoms with Gasteiger partial charge in [0, 0.05) is 0 Å². The third-order valence-electron chi connectivity index (χ3n) is 1.15. The first-order chi connectivity index (χ1) is 4.61. The zero-order valence-electron chi connectivity index (χ0n) is 5.40. The molecule has 0 amide bonds. The highest BCUT2D eigenvalue weighted by Crippen LogP contribution is 1.99. The number of carbonyl (C=O) groups is 1. The van der Waals surface area contributed by atoms with Gasteiger partial charge < -0.3 is 10.8 Å². The first kappa shape index (κ1) is 6.73. The number of hydrogen-bond acceptors (Lipinski definition) is 4. The van der Waals surface area contributed by atoms with Crippen LogP contribution in [0.2, 0.25) is 0 Å². The van der Waals surface area contributed by atoms with Gasteiger partial charge >= 0.3 is 0 Å². The van der Waals surface area contributed by atoms with E-state index in [4.69, 9.17) is 10.8 Å². The summed E-state index contributed by atoms with van der Waals surface area (Å²) in [5, 5.41) is 8.76. The van der Waals surface area contributed by atoms with Crippen LogP contribution in [0.25, 0.3) is 0 Å². The van der Waals surface area contributed by atoms with Crippen molar-refractivity contribution in [1.29, 1.82) is 0 Å². The minimum atomic E-state index is -0.600. The Morgan fingerprint density at radius 1 is 1.70 bits per heavy atom.